The van der Waals surface area contributed by atoms with Crippen LogP contribution in [0, 0.1) is 4.91 Å². The minimum absolute atomic E-state index is 0.0668. The standard InChI is InChI=1S/C13H17N3O3S2/c17-15-11-1-3-12(4-2-11)21(18,19)16-8-5-13(6-9-16)14-7-10-20-13/h1-4,14H,5-10H2. The van der Waals surface area contributed by atoms with Gasteiger partial charge in [-0.1, -0.05) is 0 Å². The Hall–Kier alpha value is -0.960. The van der Waals surface area contributed by atoms with E-state index in [0.29, 0.717) is 13.1 Å². The molecule has 114 valence electrons. The van der Waals surface area contributed by atoms with Gasteiger partial charge in [-0.15, -0.1) is 16.7 Å². The first-order chi connectivity index (χ1) is 10.1. The molecule has 0 atom stereocenters. The molecule has 0 aliphatic carbocycles. The molecule has 21 heavy (non-hydrogen) atoms. The van der Waals surface area contributed by atoms with Crippen molar-refractivity contribution in [1.82, 2.24) is 9.62 Å². The van der Waals surface area contributed by atoms with E-state index in [1.807, 2.05) is 11.8 Å². The summed E-state index contributed by atoms with van der Waals surface area (Å²) >= 11 is 1.90. The van der Waals surface area contributed by atoms with Gasteiger partial charge in [0.25, 0.3) is 0 Å². The highest BCUT2D eigenvalue weighted by Crippen LogP contribution is 2.38. The molecular weight excluding hydrogens is 310 g/mol. The van der Waals surface area contributed by atoms with E-state index in [-0.39, 0.29) is 15.5 Å². The molecule has 8 heteroatoms. The van der Waals surface area contributed by atoms with Gasteiger partial charge in [0.1, 0.15) is 5.69 Å². The van der Waals surface area contributed by atoms with Gasteiger partial charge in [0.15, 0.2) is 0 Å². The predicted molar refractivity (Wildman–Crippen MR) is 83.1 cm³/mol. The van der Waals surface area contributed by atoms with Gasteiger partial charge in [-0.05, 0) is 42.3 Å². The van der Waals surface area contributed by atoms with Crippen molar-refractivity contribution in [2.75, 3.05) is 25.4 Å². The normalized spacial score (nSPS) is 22.5. The number of hydrogen-bond acceptors (Lipinski definition) is 6. The summed E-state index contributed by atoms with van der Waals surface area (Å²) in [5.74, 6) is 1.09. The van der Waals surface area contributed by atoms with Gasteiger partial charge in [0, 0.05) is 25.4 Å². The van der Waals surface area contributed by atoms with E-state index in [1.165, 1.54) is 28.6 Å². The van der Waals surface area contributed by atoms with Crippen molar-refractivity contribution in [3.63, 3.8) is 0 Å². The summed E-state index contributed by atoms with van der Waals surface area (Å²) in [6, 6.07) is 5.75. The van der Waals surface area contributed by atoms with Gasteiger partial charge >= 0.3 is 0 Å². The Bertz CT molecular complexity index is 615. The molecule has 3 rings (SSSR count). The second-order valence-corrected chi connectivity index (χ2v) is 8.68. The number of piperidine rings is 1. The van der Waals surface area contributed by atoms with E-state index in [9.17, 15) is 13.3 Å². The summed E-state index contributed by atoms with van der Waals surface area (Å²) in [5.41, 5.74) is 0.234. The van der Waals surface area contributed by atoms with Gasteiger partial charge in [-0.2, -0.15) is 4.31 Å². The van der Waals surface area contributed by atoms with Crippen molar-refractivity contribution in [1.29, 1.82) is 0 Å². The molecular formula is C13H17N3O3S2. The SMILES string of the molecule is O=Nc1ccc(S(=O)(=O)N2CCC3(CC2)NCCS3)cc1. The third-order valence-corrected chi connectivity index (χ3v) is 7.46. The zero-order valence-electron chi connectivity index (χ0n) is 11.5. The number of nitrogens with zero attached hydrogens (tertiary/aromatic N) is 2. The van der Waals surface area contributed by atoms with Gasteiger partial charge in [0.05, 0.1) is 9.77 Å². The Morgan fingerprint density at radius 3 is 2.38 bits per heavy atom. The quantitative estimate of drug-likeness (QED) is 0.858. The molecule has 0 aromatic heterocycles. The van der Waals surface area contributed by atoms with Crippen molar-refractivity contribution in [2.24, 2.45) is 5.18 Å². The molecule has 1 aromatic rings. The lowest BCUT2D eigenvalue weighted by molar-refractivity contribution is 0.277. The highest BCUT2D eigenvalue weighted by molar-refractivity contribution is 8.00. The topological polar surface area (TPSA) is 78.8 Å². The Morgan fingerprint density at radius 1 is 1.19 bits per heavy atom. The van der Waals surface area contributed by atoms with Crippen molar-refractivity contribution in [3.05, 3.63) is 29.2 Å². The highest BCUT2D eigenvalue weighted by Gasteiger charge is 2.40. The fraction of sp³-hybridized carbons (Fsp3) is 0.538. The third-order valence-electron chi connectivity index (χ3n) is 4.04. The van der Waals surface area contributed by atoms with Crippen LogP contribution in [0.15, 0.2) is 34.3 Å². The van der Waals surface area contributed by atoms with E-state index in [4.69, 9.17) is 0 Å². The molecule has 2 heterocycles. The largest absolute Gasteiger partial charge is 0.302 e. The van der Waals surface area contributed by atoms with Crippen molar-refractivity contribution < 1.29 is 8.42 Å². The van der Waals surface area contributed by atoms with Crippen LogP contribution in [0.5, 0.6) is 0 Å². The van der Waals surface area contributed by atoms with Gasteiger partial charge < -0.3 is 5.32 Å². The van der Waals surface area contributed by atoms with Crippen molar-refractivity contribution >= 4 is 27.5 Å². The lowest BCUT2D eigenvalue weighted by Gasteiger charge is -2.38. The van der Waals surface area contributed by atoms with E-state index in [1.54, 1.807) is 0 Å². The van der Waals surface area contributed by atoms with E-state index >= 15 is 0 Å². The van der Waals surface area contributed by atoms with E-state index in [0.717, 1.165) is 25.1 Å². The maximum atomic E-state index is 12.6. The zero-order chi connectivity index (χ0) is 14.9. The zero-order valence-corrected chi connectivity index (χ0v) is 13.1. The number of thioether (sulfide) groups is 1. The molecule has 1 spiro atoms. The number of hydrogen-bond donors (Lipinski definition) is 1. The first-order valence-corrected chi connectivity index (χ1v) is 9.31. The highest BCUT2D eigenvalue weighted by atomic mass is 32.2. The second kappa shape index (κ2) is 5.68. The lowest BCUT2D eigenvalue weighted by Crippen LogP contribution is -2.49. The van der Waals surface area contributed by atoms with E-state index in [2.05, 4.69) is 10.5 Å². The predicted octanol–water partition coefficient (Wildman–Crippen LogP) is 1.90. The van der Waals surface area contributed by atoms with Gasteiger partial charge in [-0.3, -0.25) is 0 Å². The molecule has 2 aliphatic heterocycles. The summed E-state index contributed by atoms with van der Waals surface area (Å²) in [4.78, 5) is 10.7. The maximum absolute atomic E-state index is 12.6. The summed E-state index contributed by atoms with van der Waals surface area (Å²) in [5, 5.41) is 6.28. The second-order valence-electron chi connectivity index (χ2n) is 5.26. The Labute approximate surface area is 128 Å². The fourth-order valence-electron chi connectivity index (χ4n) is 2.81. The van der Waals surface area contributed by atoms with Crippen LogP contribution in [0.25, 0.3) is 0 Å². The van der Waals surface area contributed by atoms with Crippen molar-refractivity contribution in [2.45, 2.75) is 22.6 Å². The minimum atomic E-state index is -3.48. The molecule has 0 amide bonds. The smallest absolute Gasteiger partial charge is 0.243 e. The number of benzene rings is 1. The van der Waals surface area contributed by atoms with Crippen molar-refractivity contribution in [3.8, 4) is 0 Å². The maximum Gasteiger partial charge on any atom is 0.243 e. The first kappa shape index (κ1) is 15.0. The van der Waals surface area contributed by atoms with Gasteiger partial charge in [0.2, 0.25) is 10.0 Å². The van der Waals surface area contributed by atoms with Crippen LogP contribution in [-0.2, 0) is 10.0 Å². The number of rotatable bonds is 3. The monoisotopic (exact) mass is 327 g/mol. The van der Waals surface area contributed by atoms with Crippen LogP contribution in [0.2, 0.25) is 0 Å². The average molecular weight is 327 g/mol. The fourth-order valence-corrected chi connectivity index (χ4v) is 5.52. The van der Waals surface area contributed by atoms with Crippen LogP contribution >= 0.6 is 11.8 Å². The van der Waals surface area contributed by atoms with Crippen LogP contribution in [0.1, 0.15) is 12.8 Å². The Balaban J connectivity index is 1.74. The molecule has 2 aliphatic rings. The average Bonchev–Trinajstić information content (AvgIpc) is 2.96. The molecule has 0 unspecified atom stereocenters. The van der Waals surface area contributed by atoms with Crippen LogP contribution < -0.4 is 5.32 Å². The molecule has 6 nitrogen and oxygen atoms in total. The van der Waals surface area contributed by atoms with Crippen LogP contribution in [0.4, 0.5) is 5.69 Å². The summed E-state index contributed by atoms with van der Waals surface area (Å²) in [6.45, 7) is 2.05. The molecule has 1 N–H and O–H groups in total. The number of sulfonamides is 1. The molecule has 0 saturated carbocycles. The van der Waals surface area contributed by atoms with Gasteiger partial charge in [-0.25, -0.2) is 8.42 Å². The number of nitroso groups, excluding NO2 is 1. The summed E-state index contributed by atoms with van der Waals surface area (Å²) in [6.07, 6.45) is 1.65. The van der Waals surface area contributed by atoms with Crippen LogP contribution in [0.3, 0.4) is 0 Å². The third kappa shape index (κ3) is 2.85. The molecule has 2 saturated heterocycles. The number of nitrogens with one attached hydrogen (secondary N) is 1. The lowest BCUT2D eigenvalue weighted by atomic mass is 10.1. The summed E-state index contributed by atoms with van der Waals surface area (Å²) < 4.78 is 26.7. The van der Waals surface area contributed by atoms with Crippen LogP contribution in [-0.4, -0.2) is 43.0 Å². The molecule has 0 radical (unpaired) electrons. The molecule has 0 bridgehead atoms. The first-order valence-electron chi connectivity index (χ1n) is 6.88. The minimum Gasteiger partial charge on any atom is -0.302 e. The van der Waals surface area contributed by atoms with E-state index < -0.39 is 10.0 Å². The molecule has 1 aromatic carbocycles. The summed E-state index contributed by atoms with van der Waals surface area (Å²) in [7, 11) is -3.48. The molecule has 2 fully saturated rings. The Morgan fingerprint density at radius 2 is 1.86 bits per heavy atom. The Kier molecular flexibility index (Phi) is 4.04.